The number of nitrogens with zero attached hydrogens (tertiary/aromatic N) is 2. The molecule has 6 nitrogen and oxygen atoms in total. The number of hydrogen-bond acceptors (Lipinski definition) is 4. The van der Waals surface area contributed by atoms with E-state index in [1.807, 2.05) is 0 Å². The average molecular weight is 356 g/mol. The van der Waals surface area contributed by atoms with E-state index >= 15 is 0 Å². The topological polar surface area (TPSA) is 82.8 Å². The Hall–Kier alpha value is -2.60. The van der Waals surface area contributed by atoms with Crippen LogP contribution in [-0.2, 0) is 24.3 Å². The molecule has 2 heterocycles. The first-order chi connectivity index (χ1) is 12.5. The summed E-state index contributed by atoms with van der Waals surface area (Å²) in [6, 6.07) is 11.1. The van der Waals surface area contributed by atoms with Crippen LogP contribution in [-0.4, -0.2) is 38.7 Å². The van der Waals surface area contributed by atoms with Gasteiger partial charge in [0, 0.05) is 25.4 Å². The molecular weight excluding hydrogens is 332 g/mol. The maximum absolute atomic E-state index is 11.8. The van der Waals surface area contributed by atoms with Gasteiger partial charge in [-0.1, -0.05) is 24.3 Å². The highest BCUT2D eigenvalue weighted by Gasteiger charge is 2.24. The van der Waals surface area contributed by atoms with Gasteiger partial charge in [-0.3, -0.25) is 14.5 Å². The van der Waals surface area contributed by atoms with Crippen molar-refractivity contribution in [2.24, 2.45) is 5.92 Å². The van der Waals surface area contributed by atoms with Gasteiger partial charge in [0.1, 0.15) is 5.75 Å². The highest BCUT2D eigenvalue weighted by Crippen LogP contribution is 2.19. The summed E-state index contributed by atoms with van der Waals surface area (Å²) in [6.45, 7) is 3.05. The molecule has 0 spiro atoms. The van der Waals surface area contributed by atoms with Gasteiger partial charge in [0.15, 0.2) is 0 Å². The molecule has 0 amide bonds. The molecule has 1 aliphatic heterocycles. The molecule has 138 valence electrons. The number of aryl methyl sites for hydroxylation is 2. The number of carboxylic acids is 1. The third kappa shape index (κ3) is 4.73. The lowest BCUT2D eigenvalue weighted by atomic mass is 9.96. The zero-order valence-corrected chi connectivity index (χ0v) is 14.7. The van der Waals surface area contributed by atoms with E-state index in [-0.39, 0.29) is 17.2 Å². The number of pyridine rings is 1. The molecule has 2 aromatic rings. The van der Waals surface area contributed by atoms with Crippen molar-refractivity contribution in [1.29, 1.82) is 0 Å². The van der Waals surface area contributed by atoms with Crippen molar-refractivity contribution in [2.45, 2.75) is 32.4 Å². The fourth-order valence-electron chi connectivity index (χ4n) is 3.34. The molecule has 1 aromatic carbocycles. The Morgan fingerprint density at radius 3 is 2.35 bits per heavy atom. The van der Waals surface area contributed by atoms with Gasteiger partial charge in [0.05, 0.1) is 5.92 Å². The van der Waals surface area contributed by atoms with E-state index < -0.39 is 5.97 Å². The van der Waals surface area contributed by atoms with Crippen LogP contribution in [0.3, 0.4) is 0 Å². The van der Waals surface area contributed by atoms with Crippen LogP contribution in [0.2, 0.25) is 0 Å². The van der Waals surface area contributed by atoms with Gasteiger partial charge in [0.2, 0.25) is 0 Å². The lowest BCUT2D eigenvalue weighted by Crippen LogP contribution is -2.35. The standard InChI is InChI=1S/C20H24N2O4/c23-18-8-12-22(19(24)13-18)11-5-15-1-3-16(4-2-15)14-21-9-6-17(7-10-21)20(25)26/h1-4,8,12-13,17,23H,5-7,9-11,14H2,(H,25,26). The molecule has 1 fully saturated rings. The minimum absolute atomic E-state index is 0.0111. The molecule has 0 unspecified atom stereocenters. The van der Waals surface area contributed by atoms with Gasteiger partial charge in [-0.15, -0.1) is 0 Å². The quantitative estimate of drug-likeness (QED) is 0.828. The first-order valence-electron chi connectivity index (χ1n) is 8.94. The van der Waals surface area contributed by atoms with Crippen molar-refractivity contribution in [3.05, 3.63) is 64.1 Å². The number of aromatic nitrogens is 1. The van der Waals surface area contributed by atoms with Crippen LogP contribution in [0.25, 0.3) is 0 Å². The number of likely N-dealkylation sites (tertiary alicyclic amines) is 1. The van der Waals surface area contributed by atoms with Crippen LogP contribution >= 0.6 is 0 Å². The van der Waals surface area contributed by atoms with E-state index in [0.29, 0.717) is 6.54 Å². The van der Waals surface area contributed by atoms with Gasteiger partial charge in [0.25, 0.3) is 5.56 Å². The largest absolute Gasteiger partial charge is 0.508 e. The summed E-state index contributed by atoms with van der Waals surface area (Å²) in [6.07, 6.45) is 3.78. The van der Waals surface area contributed by atoms with Crippen molar-refractivity contribution in [2.75, 3.05) is 13.1 Å². The predicted octanol–water partition coefficient (Wildman–Crippen LogP) is 2.09. The number of carboxylic acid groups (broad SMARTS) is 1. The molecule has 1 aromatic heterocycles. The van der Waals surface area contributed by atoms with E-state index in [1.54, 1.807) is 10.8 Å². The number of rotatable bonds is 6. The number of hydrogen-bond donors (Lipinski definition) is 2. The first kappa shape index (κ1) is 18.2. The summed E-state index contributed by atoms with van der Waals surface area (Å²) >= 11 is 0. The maximum atomic E-state index is 11.8. The Labute approximate surface area is 152 Å². The van der Waals surface area contributed by atoms with Crippen molar-refractivity contribution in [1.82, 2.24) is 9.47 Å². The summed E-state index contributed by atoms with van der Waals surface area (Å²) < 4.78 is 1.58. The normalized spacial score (nSPS) is 15.8. The molecule has 1 aliphatic rings. The SMILES string of the molecule is O=C(O)C1CCN(Cc2ccc(CCn3ccc(O)cc3=O)cc2)CC1. The molecular formula is C20H24N2O4. The third-order valence-electron chi connectivity index (χ3n) is 4.99. The highest BCUT2D eigenvalue weighted by molar-refractivity contribution is 5.70. The minimum Gasteiger partial charge on any atom is -0.508 e. The number of aliphatic carboxylic acids is 1. The minimum atomic E-state index is -0.679. The Morgan fingerprint density at radius 1 is 1.08 bits per heavy atom. The Morgan fingerprint density at radius 2 is 1.73 bits per heavy atom. The number of aromatic hydroxyl groups is 1. The smallest absolute Gasteiger partial charge is 0.306 e. The summed E-state index contributed by atoms with van der Waals surface area (Å²) in [5, 5.41) is 18.3. The fourth-order valence-corrected chi connectivity index (χ4v) is 3.34. The van der Waals surface area contributed by atoms with Crippen molar-refractivity contribution in [3.8, 4) is 5.75 Å². The summed E-state index contributed by atoms with van der Waals surface area (Å²) in [5.74, 6) is -0.887. The molecule has 0 atom stereocenters. The molecule has 2 N–H and O–H groups in total. The summed E-state index contributed by atoms with van der Waals surface area (Å²) in [7, 11) is 0. The fraction of sp³-hybridized carbons (Fsp3) is 0.400. The Kier molecular flexibility index (Phi) is 5.73. The summed E-state index contributed by atoms with van der Waals surface area (Å²) in [4.78, 5) is 25.1. The summed E-state index contributed by atoms with van der Waals surface area (Å²) in [5.41, 5.74) is 2.16. The van der Waals surface area contributed by atoms with Gasteiger partial charge >= 0.3 is 5.97 Å². The van der Waals surface area contributed by atoms with Crippen LogP contribution in [0.15, 0.2) is 47.4 Å². The molecule has 0 saturated carbocycles. The monoisotopic (exact) mass is 356 g/mol. The highest BCUT2D eigenvalue weighted by atomic mass is 16.4. The molecule has 0 aliphatic carbocycles. The molecule has 3 rings (SSSR count). The second-order valence-electron chi connectivity index (χ2n) is 6.87. The molecule has 0 radical (unpaired) electrons. The van der Waals surface area contributed by atoms with Crippen molar-refractivity contribution < 1.29 is 15.0 Å². The van der Waals surface area contributed by atoms with Crippen molar-refractivity contribution in [3.63, 3.8) is 0 Å². The van der Waals surface area contributed by atoms with E-state index in [2.05, 4.69) is 29.2 Å². The van der Waals surface area contributed by atoms with Gasteiger partial charge in [-0.2, -0.15) is 0 Å². The Balaban J connectivity index is 1.51. The number of piperidine rings is 1. The van der Waals surface area contributed by atoms with Gasteiger partial charge in [-0.05, 0) is 49.5 Å². The van der Waals surface area contributed by atoms with E-state index in [1.165, 1.54) is 17.7 Å². The van der Waals surface area contributed by atoms with Crippen LogP contribution in [0.5, 0.6) is 5.75 Å². The third-order valence-corrected chi connectivity index (χ3v) is 4.99. The van der Waals surface area contributed by atoms with Crippen LogP contribution in [0.4, 0.5) is 0 Å². The Bertz CT molecular complexity index is 805. The predicted molar refractivity (Wildman–Crippen MR) is 98.1 cm³/mol. The second kappa shape index (κ2) is 8.19. The lowest BCUT2D eigenvalue weighted by molar-refractivity contribution is -0.143. The zero-order valence-electron chi connectivity index (χ0n) is 14.7. The van der Waals surface area contributed by atoms with Crippen LogP contribution < -0.4 is 5.56 Å². The van der Waals surface area contributed by atoms with E-state index in [9.17, 15) is 14.7 Å². The second-order valence-corrected chi connectivity index (χ2v) is 6.87. The van der Waals surface area contributed by atoms with Gasteiger partial charge < -0.3 is 14.8 Å². The van der Waals surface area contributed by atoms with E-state index in [0.717, 1.165) is 44.5 Å². The molecule has 0 bridgehead atoms. The van der Waals surface area contributed by atoms with Gasteiger partial charge in [-0.25, -0.2) is 0 Å². The average Bonchev–Trinajstić information content (AvgIpc) is 2.63. The maximum Gasteiger partial charge on any atom is 0.306 e. The van der Waals surface area contributed by atoms with E-state index in [4.69, 9.17) is 5.11 Å². The molecule has 1 saturated heterocycles. The van der Waals surface area contributed by atoms with Crippen molar-refractivity contribution >= 4 is 5.97 Å². The number of carbonyl (C=O) groups is 1. The van der Waals surface area contributed by atoms with Crippen LogP contribution in [0.1, 0.15) is 24.0 Å². The lowest BCUT2D eigenvalue weighted by Gasteiger charge is -2.30. The zero-order chi connectivity index (χ0) is 18.5. The first-order valence-corrected chi connectivity index (χ1v) is 8.94. The molecule has 6 heteroatoms. The van der Waals surface area contributed by atoms with Crippen LogP contribution in [0, 0.1) is 5.92 Å². The number of benzene rings is 1. The molecule has 26 heavy (non-hydrogen) atoms.